The number of aryl methyl sites for hydroxylation is 1. The van der Waals surface area contributed by atoms with Gasteiger partial charge in [0.1, 0.15) is 5.75 Å². The van der Waals surface area contributed by atoms with Gasteiger partial charge in [0.15, 0.2) is 6.61 Å². The Balaban J connectivity index is 1.40. The monoisotopic (exact) mass is 399 g/mol. The molecule has 1 amide bonds. The molecule has 6 nitrogen and oxygen atoms in total. The van der Waals surface area contributed by atoms with Gasteiger partial charge >= 0.3 is 0 Å². The second-order valence-corrected chi connectivity index (χ2v) is 6.83. The summed E-state index contributed by atoms with van der Waals surface area (Å²) < 4.78 is 11.6. The summed E-state index contributed by atoms with van der Waals surface area (Å²) in [6, 6.07) is 24.8. The molecular formula is C24H21N3O3. The van der Waals surface area contributed by atoms with Crippen LogP contribution in [0.2, 0.25) is 0 Å². The minimum absolute atomic E-state index is 0.109. The third-order valence-electron chi connectivity index (χ3n) is 4.53. The van der Waals surface area contributed by atoms with Crippen molar-refractivity contribution in [2.45, 2.75) is 13.5 Å². The molecule has 30 heavy (non-hydrogen) atoms. The highest BCUT2D eigenvalue weighted by molar-refractivity contribution is 5.78. The molecule has 0 unspecified atom stereocenters. The number of ether oxygens (including phenoxy) is 1. The van der Waals surface area contributed by atoms with Crippen LogP contribution in [0, 0.1) is 6.92 Å². The van der Waals surface area contributed by atoms with Crippen LogP contribution in [0.4, 0.5) is 0 Å². The number of carbonyl (C=O) groups is 1. The highest BCUT2D eigenvalue weighted by atomic mass is 16.5. The van der Waals surface area contributed by atoms with E-state index in [0.29, 0.717) is 29.6 Å². The first-order valence-electron chi connectivity index (χ1n) is 9.62. The highest BCUT2D eigenvalue weighted by Crippen LogP contribution is 2.30. The average molecular weight is 399 g/mol. The van der Waals surface area contributed by atoms with Gasteiger partial charge in [-0.15, -0.1) is 10.2 Å². The van der Waals surface area contributed by atoms with Crippen molar-refractivity contribution in [2.24, 2.45) is 0 Å². The number of amides is 1. The maximum absolute atomic E-state index is 12.2. The Labute approximate surface area is 174 Å². The summed E-state index contributed by atoms with van der Waals surface area (Å²) in [5, 5.41) is 11.1. The lowest BCUT2D eigenvalue weighted by Crippen LogP contribution is -2.28. The number of hydrogen-bond acceptors (Lipinski definition) is 5. The van der Waals surface area contributed by atoms with Crippen LogP contribution in [0.15, 0.2) is 83.3 Å². The lowest BCUT2D eigenvalue weighted by atomic mass is 10.1. The molecule has 0 aliphatic rings. The highest BCUT2D eigenvalue weighted by Gasteiger charge is 2.15. The van der Waals surface area contributed by atoms with E-state index in [1.54, 1.807) is 6.07 Å². The van der Waals surface area contributed by atoms with E-state index in [2.05, 4.69) is 15.5 Å². The molecule has 150 valence electrons. The molecule has 0 radical (unpaired) electrons. The van der Waals surface area contributed by atoms with Crippen molar-refractivity contribution in [3.05, 3.63) is 90.0 Å². The minimum Gasteiger partial charge on any atom is -0.483 e. The van der Waals surface area contributed by atoms with Gasteiger partial charge in [0.05, 0.1) is 5.56 Å². The number of hydrogen-bond donors (Lipinski definition) is 1. The summed E-state index contributed by atoms with van der Waals surface area (Å²) in [7, 11) is 0. The Morgan fingerprint density at radius 3 is 2.40 bits per heavy atom. The zero-order valence-corrected chi connectivity index (χ0v) is 16.5. The van der Waals surface area contributed by atoms with E-state index in [4.69, 9.17) is 9.15 Å². The van der Waals surface area contributed by atoms with Gasteiger partial charge in [-0.05, 0) is 36.8 Å². The maximum atomic E-state index is 12.2. The zero-order chi connectivity index (χ0) is 20.8. The van der Waals surface area contributed by atoms with Crippen molar-refractivity contribution in [1.29, 1.82) is 0 Å². The summed E-state index contributed by atoms with van der Waals surface area (Å²) in [6.07, 6.45) is 0. The van der Waals surface area contributed by atoms with Gasteiger partial charge in [0, 0.05) is 12.1 Å². The van der Waals surface area contributed by atoms with Crippen molar-refractivity contribution in [3.8, 4) is 28.7 Å². The van der Waals surface area contributed by atoms with Crippen LogP contribution in [0.1, 0.15) is 11.1 Å². The number of para-hydroxylation sites is 1. The Kier molecular flexibility index (Phi) is 5.85. The van der Waals surface area contributed by atoms with Crippen molar-refractivity contribution < 1.29 is 13.9 Å². The largest absolute Gasteiger partial charge is 0.483 e. The van der Waals surface area contributed by atoms with Gasteiger partial charge in [-0.1, -0.05) is 60.2 Å². The van der Waals surface area contributed by atoms with Crippen LogP contribution in [0.3, 0.4) is 0 Å². The van der Waals surface area contributed by atoms with Gasteiger partial charge in [0.25, 0.3) is 11.8 Å². The smallest absolute Gasteiger partial charge is 0.258 e. The third kappa shape index (κ3) is 4.72. The molecule has 0 saturated heterocycles. The number of carbonyl (C=O) groups excluding carboxylic acids is 1. The topological polar surface area (TPSA) is 77.2 Å². The lowest BCUT2D eigenvalue weighted by Gasteiger charge is -2.10. The fraction of sp³-hybridized carbons (Fsp3) is 0.125. The lowest BCUT2D eigenvalue weighted by molar-refractivity contribution is -0.123. The summed E-state index contributed by atoms with van der Waals surface area (Å²) in [5.74, 6) is 1.06. The van der Waals surface area contributed by atoms with Crippen molar-refractivity contribution in [2.75, 3.05) is 6.61 Å². The maximum Gasteiger partial charge on any atom is 0.258 e. The number of rotatable bonds is 7. The molecule has 1 N–H and O–H groups in total. The summed E-state index contributed by atoms with van der Waals surface area (Å²) >= 11 is 0. The van der Waals surface area contributed by atoms with E-state index in [1.165, 1.54) is 5.56 Å². The fourth-order valence-electron chi connectivity index (χ4n) is 2.90. The Morgan fingerprint density at radius 2 is 1.60 bits per heavy atom. The van der Waals surface area contributed by atoms with E-state index in [9.17, 15) is 4.79 Å². The van der Waals surface area contributed by atoms with E-state index < -0.39 is 0 Å². The number of nitrogens with one attached hydrogen (secondary N) is 1. The van der Waals surface area contributed by atoms with Gasteiger partial charge in [0.2, 0.25) is 5.89 Å². The molecule has 0 aliphatic heterocycles. The predicted molar refractivity (Wildman–Crippen MR) is 114 cm³/mol. The molecule has 1 heterocycles. The van der Waals surface area contributed by atoms with E-state index in [-0.39, 0.29) is 12.5 Å². The second kappa shape index (κ2) is 9.05. The molecule has 3 aromatic carbocycles. The van der Waals surface area contributed by atoms with E-state index in [1.807, 2.05) is 79.7 Å². The normalized spacial score (nSPS) is 10.6. The SMILES string of the molecule is Cc1ccc(CNC(=O)COc2ccccc2-c2nnc(-c3ccccc3)o2)cc1. The first kappa shape index (κ1) is 19.4. The standard InChI is InChI=1S/C24H21N3O3/c1-17-11-13-18(14-12-17)15-25-22(28)16-29-21-10-6-5-9-20(21)24-27-26-23(30-24)19-7-3-2-4-8-19/h2-14H,15-16H2,1H3,(H,25,28). The zero-order valence-electron chi connectivity index (χ0n) is 16.5. The first-order valence-corrected chi connectivity index (χ1v) is 9.62. The van der Waals surface area contributed by atoms with Crippen molar-refractivity contribution in [1.82, 2.24) is 15.5 Å². The predicted octanol–water partition coefficient (Wildman–Crippen LogP) is 4.41. The number of nitrogens with zero attached hydrogens (tertiary/aromatic N) is 2. The van der Waals surface area contributed by atoms with Crippen LogP contribution in [-0.2, 0) is 11.3 Å². The summed E-state index contributed by atoms with van der Waals surface area (Å²) in [5.41, 5.74) is 3.69. The van der Waals surface area contributed by atoms with Crippen LogP contribution < -0.4 is 10.1 Å². The molecular weight excluding hydrogens is 378 g/mol. The van der Waals surface area contributed by atoms with Crippen LogP contribution in [0.25, 0.3) is 22.9 Å². The molecule has 0 atom stereocenters. The Bertz CT molecular complexity index is 1120. The molecule has 0 saturated carbocycles. The fourth-order valence-corrected chi connectivity index (χ4v) is 2.90. The summed E-state index contributed by atoms with van der Waals surface area (Å²) in [4.78, 5) is 12.2. The second-order valence-electron chi connectivity index (χ2n) is 6.83. The van der Waals surface area contributed by atoms with E-state index >= 15 is 0 Å². The molecule has 0 aliphatic carbocycles. The molecule has 0 fully saturated rings. The summed E-state index contributed by atoms with van der Waals surface area (Å²) in [6.45, 7) is 2.37. The Hall–Kier alpha value is -3.93. The van der Waals surface area contributed by atoms with Crippen LogP contribution in [-0.4, -0.2) is 22.7 Å². The molecule has 6 heteroatoms. The molecule has 0 bridgehead atoms. The third-order valence-corrected chi connectivity index (χ3v) is 4.53. The van der Waals surface area contributed by atoms with Crippen LogP contribution >= 0.6 is 0 Å². The average Bonchev–Trinajstić information content (AvgIpc) is 3.28. The Morgan fingerprint density at radius 1 is 0.900 bits per heavy atom. The van der Waals surface area contributed by atoms with Gasteiger partial charge in [-0.25, -0.2) is 0 Å². The molecule has 4 aromatic rings. The quantitative estimate of drug-likeness (QED) is 0.498. The van der Waals surface area contributed by atoms with Gasteiger partial charge in [-0.2, -0.15) is 0 Å². The van der Waals surface area contributed by atoms with E-state index in [0.717, 1.165) is 11.1 Å². The van der Waals surface area contributed by atoms with Gasteiger partial charge < -0.3 is 14.5 Å². The molecule has 4 rings (SSSR count). The first-order chi connectivity index (χ1) is 14.7. The number of benzene rings is 3. The molecule has 1 aromatic heterocycles. The molecule has 0 spiro atoms. The van der Waals surface area contributed by atoms with Crippen molar-refractivity contribution >= 4 is 5.91 Å². The van der Waals surface area contributed by atoms with Crippen LogP contribution in [0.5, 0.6) is 5.75 Å². The number of aromatic nitrogens is 2. The van der Waals surface area contributed by atoms with Crippen molar-refractivity contribution in [3.63, 3.8) is 0 Å². The van der Waals surface area contributed by atoms with Gasteiger partial charge in [-0.3, -0.25) is 4.79 Å². The minimum atomic E-state index is -0.208.